The van der Waals surface area contributed by atoms with E-state index < -0.39 is 0 Å². The minimum atomic E-state index is -0.0914. The second kappa shape index (κ2) is 5.53. The van der Waals surface area contributed by atoms with Crippen LogP contribution in [0.4, 0.5) is 0 Å². The van der Waals surface area contributed by atoms with Crippen LogP contribution in [0.25, 0.3) is 0 Å². The van der Waals surface area contributed by atoms with Gasteiger partial charge in [-0.15, -0.1) is 0 Å². The number of nitrogens with zero attached hydrogens (tertiary/aromatic N) is 1. The summed E-state index contributed by atoms with van der Waals surface area (Å²) in [7, 11) is 0. The molecule has 2 rings (SSSR count). The molecule has 0 N–H and O–H groups in total. The van der Waals surface area contributed by atoms with E-state index in [0.29, 0.717) is 17.6 Å². The van der Waals surface area contributed by atoms with Crippen molar-refractivity contribution < 1.29 is 9.53 Å². The van der Waals surface area contributed by atoms with E-state index in [0.717, 1.165) is 26.1 Å². The number of ether oxygens (including phenoxy) is 1. The number of hydrogen-bond donors (Lipinski definition) is 0. The van der Waals surface area contributed by atoms with Gasteiger partial charge in [-0.3, -0.25) is 9.69 Å². The number of carbonyl (C=O) groups excluding carboxylic acids is 1. The average molecular weight is 267 g/mol. The highest BCUT2D eigenvalue weighted by Crippen LogP contribution is 2.32. The van der Waals surface area contributed by atoms with Crippen LogP contribution in [-0.4, -0.2) is 42.0 Å². The zero-order chi connectivity index (χ0) is 14.2. The lowest BCUT2D eigenvalue weighted by atomic mass is 9.74. The topological polar surface area (TPSA) is 29.5 Å². The van der Waals surface area contributed by atoms with Crippen molar-refractivity contribution in [2.24, 2.45) is 17.8 Å². The summed E-state index contributed by atoms with van der Waals surface area (Å²) in [5.41, 5.74) is -0.0914. The summed E-state index contributed by atoms with van der Waals surface area (Å²) in [4.78, 5) is 14.7. The molecule has 0 bridgehead atoms. The van der Waals surface area contributed by atoms with Crippen molar-refractivity contribution in [2.75, 3.05) is 19.6 Å². The zero-order valence-electron chi connectivity index (χ0n) is 13.1. The number of ketones is 1. The van der Waals surface area contributed by atoms with Crippen LogP contribution in [0.1, 0.15) is 47.5 Å². The molecule has 0 aromatic carbocycles. The SMILES string of the molecule is CC1CC(=O)C(CN2CC(C)OC(C)(C)C2)C(C)C1. The molecule has 0 radical (unpaired) electrons. The van der Waals surface area contributed by atoms with Crippen molar-refractivity contribution in [1.82, 2.24) is 4.90 Å². The van der Waals surface area contributed by atoms with Gasteiger partial charge in [-0.1, -0.05) is 13.8 Å². The van der Waals surface area contributed by atoms with Gasteiger partial charge in [0.05, 0.1) is 11.7 Å². The van der Waals surface area contributed by atoms with Crippen molar-refractivity contribution in [1.29, 1.82) is 0 Å². The maximum atomic E-state index is 12.3. The van der Waals surface area contributed by atoms with Crippen LogP contribution in [0.2, 0.25) is 0 Å². The van der Waals surface area contributed by atoms with E-state index in [9.17, 15) is 4.79 Å². The minimum absolute atomic E-state index is 0.0914. The van der Waals surface area contributed by atoms with Crippen LogP contribution >= 0.6 is 0 Å². The Kier molecular flexibility index (Phi) is 4.36. The molecule has 3 nitrogen and oxygen atoms in total. The van der Waals surface area contributed by atoms with Gasteiger partial charge in [0.1, 0.15) is 5.78 Å². The normalized spacial score (nSPS) is 40.4. The minimum Gasteiger partial charge on any atom is -0.370 e. The van der Waals surface area contributed by atoms with E-state index in [1.807, 2.05) is 0 Å². The average Bonchev–Trinajstić information content (AvgIpc) is 2.20. The number of morpholine rings is 1. The fourth-order valence-electron chi connectivity index (χ4n) is 3.98. The molecule has 0 aromatic rings. The largest absolute Gasteiger partial charge is 0.370 e. The molecule has 1 aliphatic carbocycles. The second-order valence-electron chi connectivity index (χ2n) is 7.48. The maximum Gasteiger partial charge on any atom is 0.137 e. The summed E-state index contributed by atoms with van der Waals surface area (Å²) in [6.45, 7) is 13.7. The first-order valence-electron chi connectivity index (χ1n) is 7.70. The highest BCUT2D eigenvalue weighted by Gasteiger charge is 2.37. The lowest BCUT2D eigenvalue weighted by Gasteiger charge is -2.44. The molecule has 2 fully saturated rings. The Hall–Kier alpha value is -0.410. The van der Waals surface area contributed by atoms with Gasteiger partial charge in [0, 0.05) is 32.0 Å². The molecular weight excluding hydrogens is 238 g/mol. The first-order valence-corrected chi connectivity index (χ1v) is 7.70. The van der Waals surface area contributed by atoms with E-state index in [4.69, 9.17) is 4.74 Å². The molecule has 0 aromatic heterocycles. The van der Waals surface area contributed by atoms with Crippen LogP contribution in [0.15, 0.2) is 0 Å². The number of Topliss-reactive ketones (excluding diaryl/α,β-unsaturated/α-hetero) is 1. The smallest absolute Gasteiger partial charge is 0.137 e. The Morgan fingerprint density at radius 3 is 2.58 bits per heavy atom. The fourth-order valence-corrected chi connectivity index (χ4v) is 3.98. The third kappa shape index (κ3) is 3.79. The van der Waals surface area contributed by atoms with Gasteiger partial charge < -0.3 is 4.74 Å². The van der Waals surface area contributed by atoms with Crippen LogP contribution < -0.4 is 0 Å². The molecule has 0 amide bonds. The van der Waals surface area contributed by atoms with Gasteiger partial charge in [-0.25, -0.2) is 0 Å². The van der Waals surface area contributed by atoms with Gasteiger partial charge in [0.25, 0.3) is 0 Å². The van der Waals surface area contributed by atoms with E-state index in [1.54, 1.807) is 0 Å². The number of hydrogen-bond acceptors (Lipinski definition) is 3. The summed E-state index contributed by atoms with van der Waals surface area (Å²) >= 11 is 0. The van der Waals surface area contributed by atoms with E-state index in [-0.39, 0.29) is 17.6 Å². The quantitative estimate of drug-likeness (QED) is 0.770. The van der Waals surface area contributed by atoms with Gasteiger partial charge >= 0.3 is 0 Å². The predicted octanol–water partition coefficient (Wildman–Crippen LogP) is 2.74. The lowest BCUT2D eigenvalue weighted by molar-refractivity contribution is -0.141. The molecule has 4 unspecified atom stereocenters. The van der Waals surface area contributed by atoms with Crippen molar-refractivity contribution in [2.45, 2.75) is 59.2 Å². The van der Waals surface area contributed by atoms with Crippen LogP contribution in [-0.2, 0) is 9.53 Å². The van der Waals surface area contributed by atoms with Gasteiger partial charge in [0.2, 0.25) is 0 Å². The van der Waals surface area contributed by atoms with E-state index in [2.05, 4.69) is 39.5 Å². The van der Waals surface area contributed by atoms with E-state index in [1.165, 1.54) is 6.42 Å². The monoisotopic (exact) mass is 267 g/mol. The Bertz CT molecular complexity index is 340. The van der Waals surface area contributed by atoms with Crippen LogP contribution in [0, 0.1) is 17.8 Å². The standard InChI is InChI=1S/C16H29NO2/c1-11-6-12(2)14(15(18)7-11)9-17-8-13(3)19-16(4,5)10-17/h11-14H,6-10H2,1-5H3. The molecule has 0 spiro atoms. The van der Waals surface area contributed by atoms with Crippen molar-refractivity contribution in [3.05, 3.63) is 0 Å². The Labute approximate surface area is 117 Å². The van der Waals surface area contributed by atoms with E-state index >= 15 is 0 Å². The van der Waals surface area contributed by atoms with Crippen molar-refractivity contribution in [3.63, 3.8) is 0 Å². The molecule has 1 saturated heterocycles. The number of carbonyl (C=O) groups is 1. The molecule has 4 atom stereocenters. The highest BCUT2D eigenvalue weighted by atomic mass is 16.5. The van der Waals surface area contributed by atoms with Gasteiger partial charge in [-0.05, 0) is 39.0 Å². The van der Waals surface area contributed by atoms with Crippen LogP contribution in [0.3, 0.4) is 0 Å². The number of rotatable bonds is 2. The second-order valence-corrected chi connectivity index (χ2v) is 7.48. The lowest BCUT2D eigenvalue weighted by Crippen LogP contribution is -2.54. The van der Waals surface area contributed by atoms with Crippen molar-refractivity contribution >= 4 is 5.78 Å². The van der Waals surface area contributed by atoms with Gasteiger partial charge in [0.15, 0.2) is 0 Å². The Balaban J connectivity index is 1.98. The summed E-state index contributed by atoms with van der Waals surface area (Å²) in [6, 6.07) is 0. The van der Waals surface area contributed by atoms with Gasteiger partial charge in [-0.2, -0.15) is 0 Å². The molecule has 2 aliphatic rings. The highest BCUT2D eigenvalue weighted by molar-refractivity contribution is 5.82. The fraction of sp³-hybridized carbons (Fsp3) is 0.938. The third-order valence-corrected chi connectivity index (χ3v) is 4.52. The molecular formula is C16H29NO2. The van der Waals surface area contributed by atoms with Crippen LogP contribution in [0.5, 0.6) is 0 Å². The molecule has 3 heteroatoms. The Morgan fingerprint density at radius 2 is 2.00 bits per heavy atom. The predicted molar refractivity (Wildman–Crippen MR) is 77.1 cm³/mol. The first-order chi connectivity index (χ1) is 8.77. The van der Waals surface area contributed by atoms with Crippen molar-refractivity contribution in [3.8, 4) is 0 Å². The summed E-state index contributed by atoms with van der Waals surface area (Å²) < 4.78 is 5.94. The molecule has 19 heavy (non-hydrogen) atoms. The third-order valence-electron chi connectivity index (χ3n) is 4.52. The summed E-state index contributed by atoms with van der Waals surface area (Å²) in [5, 5.41) is 0. The first kappa shape index (κ1) is 15.0. The zero-order valence-corrected chi connectivity index (χ0v) is 13.1. The summed E-state index contributed by atoms with van der Waals surface area (Å²) in [6.07, 6.45) is 2.23. The maximum absolute atomic E-state index is 12.3. The summed E-state index contributed by atoms with van der Waals surface area (Å²) in [5.74, 6) is 1.80. The molecule has 1 heterocycles. The molecule has 1 saturated carbocycles. The Morgan fingerprint density at radius 1 is 1.32 bits per heavy atom. The molecule has 1 aliphatic heterocycles. The molecule has 110 valence electrons.